The molecule has 0 spiro atoms. The van der Waals surface area contributed by atoms with Gasteiger partial charge >= 0.3 is 5.97 Å². The van der Waals surface area contributed by atoms with Crippen molar-refractivity contribution < 1.29 is 14.7 Å². The third-order valence-electron chi connectivity index (χ3n) is 4.96. The normalized spacial score (nSPS) is 13.7. The Morgan fingerprint density at radius 1 is 0.846 bits per heavy atom. The fourth-order valence-electron chi connectivity index (χ4n) is 3.28. The van der Waals surface area contributed by atoms with Crippen LogP contribution >= 0.6 is 0 Å². The van der Waals surface area contributed by atoms with Crippen LogP contribution < -0.4 is 11.5 Å². The molecule has 0 rings (SSSR count). The predicted molar refractivity (Wildman–Crippen MR) is 107 cm³/mol. The fraction of sp³-hybridized carbons (Fsp3) is 0.900. The van der Waals surface area contributed by atoms with Gasteiger partial charge in [0.05, 0.1) is 0 Å². The molecule has 0 aromatic carbocycles. The molecule has 0 saturated heterocycles. The molecule has 0 aliphatic carbocycles. The van der Waals surface area contributed by atoms with Crippen molar-refractivity contribution in [1.29, 1.82) is 0 Å². The number of rotatable bonds is 18. The first-order chi connectivity index (χ1) is 12.4. The van der Waals surface area contributed by atoms with Gasteiger partial charge in [-0.3, -0.25) is 9.69 Å². The minimum Gasteiger partial charge on any atom is -0.479 e. The molecule has 0 aromatic heterocycles. The van der Waals surface area contributed by atoms with Crippen LogP contribution in [0.25, 0.3) is 0 Å². The SMILES string of the molecule is CCCCCCCCCCCCN(CCC)[C@@](N)(CCC(N)=O)C(=O)O. The zero-order valence-electron chi connectivity index (χ0n) is 17.0. The van der Waals surface area contributed by atoms with E-state index in [0.717, 1.165) is 19.3 Å². The molecule has 0 heterocycles. The van der Waals surface area contributed by atoms with Gasteiger partial charge in [0.25, 0.3) is 0 Å². The Bertz CT molecular complexity index is 390. The van der Waals surface area contributed by atoms with Crippen LogP contribution in [0.3, 0.4) is 0 Å². The van der Waals surface area contributed by atoms with Gasteiger partial charge in [-0.05, 0) is 19.3 Å². The van der Waals surface area contributed by atoms with Gasteiger partial charge in [-0.25, -0.2) is 4.79 Å². The molecule has 5 N–H and O–H groups in total. The van der Waals surface area contributed by atoms with Crippen molar-refractivity contribution in [3.63, 3.8) is 0 Å². The van der Waals surface area contributed by atoms with E-state index in [1.807, 2.05) is 11.8 Å². The number of nitrogens with two attached hydrogens (primary N) is 2. The third-order valence-corrected chi connectivity index (χ3v) is 4.96. The van der Waals surface area contributed by atoms with Crippen molar-refractivity contribution in [2.75, 3.05) is 13.1 Å². The number of aliphatic carboxylic acids is 1. The molecule has 0 fully saturated rings. The zero-order chi connectivity index (χ0) is 19.8. The molecule has 0 bridgehead atoms. The zero-order valence-corrected chi connectivity index (χ0v) is 17.0. The Kier molecular flexibility index (Phi) is 14.3. The van der Waals surface area contributed by atoms with Gasteiger partial charge < -0.3 is 16.6 Å². The smallest absolute Gasteiger partial charge is 0.338 e. The van der Waals surface area contributed by atoms with E-state index in [2.05, 4.69) is 6.92 Å². The summed E-state index contributed by atoms with van der Waals surface area (Å²) in [7, 11) is 0. The van der Waals surface area contributed by atoms with Gasteiger partial charge in [-0.15, -0.1) is 0 Å². The number of carboxylic acids is 1. The number of primary amides is 1. The van der Waals surface area contributed by atoms with Crippen molar-refractivity contribution in [3.8, 4) is 0 Å². The molecule has 0 aliphatic rings. The number of unbranched alkanes of at least 4 members (excludes halogenated alkanes) is 9. The van der Waals surface area contributed by atoms with Crippen molar-refractivity contribution in [1.82, 2.24) is 4.90 Å². The van der Waals surface area contributed by atoms with Crippen LogP contribution in [0.4, 0.5) is 0 Å². The molecule has 0 unspecified atom stereocenters. The lowest BCUT2D eigenvalue weighted by Crippen LogP contribution is -2.62. The number of nitrogens with zero attached hydrogens (tertiary/aromatic N) is 1. The van der Waals surface area contributed by atoms with Crippen LogP contribution in [-0.4, -0.2) is 40.6 Å². The highest BCUT2D eigenvalue weighted by Crippen LogP contribution is 2.19. The Balaban J connectivity index is 4.20. The van der Waals surface area contributed by atoms with E-state index in [1.165, 1.54) is 51.4 Å². The third kappa shape index (κ3) is 10.8. The van der Waals surface area contributed by atoms with E-state index in [0.29, 0.717) is 13.1 Å². The second kappa shape index (κ2) is 15.0. The van der Waals surface area contributed by atoms with Gasteiger partial charge in [0.2, 0.25) is 5.91 Å². The van der Waals surface area contributed by atoms with Gasteiger partial charge in [-0.2, -0.15) is 0 Å². The molecule has 6 nitrogen and oxygen atoms in total. The number of hydrogen-bond donors (Lipinski definition) is 3. The molecule has 1 amide bonds. The molecule has 0 radical (unpaired) electrons. The second-order valence-corrected chi connectivity index (χ2v) is 7.36. The van der Waals surface area contributed by atoms with Gasteiger partial charge in [0, 0.05) is 19.5 Å². The Hall–Kier alpha value is -1.14. The van der Waals surface area contributed by atoms with Gasteiger partial charge in [-0.1, -0.05) is 71.6 Å². The number of carboxylic acid groups (broad SMARTS) is 1. The first-order valence-corrected chi connectivity index (χ1v) is 10.4. The highest BCUT2D eigenvalue weighted by molar-refractivity contribution is 5.80. The minimum atomic E-state index is -1.51. The van der Waals surface area contributed by atoms with E-state index >= 15 is 0 Å². The summed E-state index contributed by atoms with van der Waals surface area (Å²) in [5, 5.41) is 9.59. The van der Waals surface area contributed by atoms with Crippen LogP contribution in [0.5, 0.6) is 0 Å². The molecule has 0 saturated carbocycles. The maximum Gasteiger partial charge on any atom is 0.338 e. The lowest BCUT2D eigenvalue weighted by molar-refractivity contribution is -0.152. The Labute approximate surface area is 159 Å². The fourth-order valence-corrected chi connectivity index (χ4v) is 3.28. The quantitative estimate of drug-likeness (QED) is 0.252. The highest BCUT2D eigenvalue weighted by Gasteiger charge is 2.39. The molecule has 0 aliphatic heterocycles. The summed E-state index contributed by atoms with van der Waals surface area (Å²) in [6.45, 7) is 5.49. The molecule has 154 valence electrons. The van der Waals surface area contributed by atoms with Crippen LogP contribution in [0.15, 0.2) is 0 Å². The Morgan fingerprint density at radius 3 is 1.77 bits per heavy atom. The van der Waals surface area contributed by atoms with Crippen molar-refractivity contribution in [2.24, 2.45) is 11.5 Å². The molecule has 26 heavy (non-hydrogen) atoms. The van der Waals surface area contributed by atoms with Crippen molar-refractivity contribution >= 4 is 11.9 Å². The maximum absolute atomic E-state index is 11.7. The van der Waals surface area contributed by atoms with Crippen molar-refractivity contribution in [2.45, 2.75) is 103 Å². The summed E-state index contributed by atoms with van der Waals surface area (Å²) in [6, 6.07) is 0. The predicted octanol–water partition coefficient (Wildman–Crippen LogP) is 3.62. The van der Waals surface area contributed by atoms with Crippen LogP contribution in [0, 0.1) is 0 Å². The van der Waals surface area contributed by atoms with Crippen LogP contribution in [0.1, 0.15) is 97.3 Å². The summed E-state index contributed by atoms with van der Waals surface area (Å²) in [4.78, 5) is 24.6. The summed E-state index contributed by atoms with van der Waals surface area (Å²) in [5.41, 5.74) is 9.82. The van der Waals surface area contributed by atoms with Gasteiger partial charge in [0.15, 0.2) is 5.66 Å². The monoisotopic (exact) mass is 371 g/mol. The number of carbonyl (C=O) groups is 2. The molecule has 6 heteroatoms. The molecule has 1 atom stereocenters. The number of hydrogen-bond acceptors (Lipinski definition) is 4. The Morgan fingerprint density at radius 2 is 1.35 bits per heavy atom. The lowest BCUT2D eigenvalue weighted by atomic mass is 10.0. The van der Waals surface area contributed by atoms with E-state index in [4.69, 9.17) is 11.5 Å². The topological polar surface area (TPSA) is 110 Å². The lowest BCUT2D eigenvalue weighted by Gasteiger charge is -2.37. The number of amides is 1. The van der Waals surface area contributed by atoms with Gasteiger partial charge in [0.1, 0.15) is 0 Å². The average Bonchev–Trinajstić information content (AvgIpc) is 2.60. The van der Waals surface area contributed by atoms with E-state index in [-0.39, 0.29) is 12.8 Å². The van der Waals surface area contributed by atoms with Crippen LogP contribution in [0.2, 0.25) is 0 Å². The highest BCUT2D eigenvalue weighted by atomic mass is 16.4. The van der Waals surface area contributed by atoms with E-state index in [9.17, 15) is 14.7 Å². The standard InChI is InChI=1S/C20H41N3O3/c1-3-5-6-7-8-9-10-11-12-13-17-23(16-4-2)20(22,19(25)26)15-14-18(21)24/h3-17,22H2,1-2H3,(H2,21,24)(H,25,26)/t20-/m0/s1. The molecule has 0 aromatic rings. The van der Waals surface area contributed by atoms with Crippen molar-refractivity contribution in [3.05, 3.63) is 0 Å². The molecular weight excluding hydrogens is 330 g/mol. The maximum atomic E-state index is 11.7. The second-order valence-electron chi connectivity index (χ2n) is 7.36. The summed E-state index contributed by atoms with van der Waals surface area (Å²) in [5.74, 6) is -1.60. The summed E-state index contributed by atoms with van der Waals surface area (Å²) in [6.07, 6.45) is 13.2. The first kappa shape index (κ1) is 24.9. The molecular formula is C20H41N3O3. The van der Waals surface area contributed by atoms with E-state index < -0.39 is 17.5 Å². The first-order valence-electron chi connectivity index (χ1n) is 10.4. The van der Waals surface area contributed by atoms with E-state index in [1.54, 1.807) is 0 Å². The van der Waals surface area contributed by atoms with Crippen LogP contribution in [-0.2, 0) is 9.59 Å². The number of carbonyl (C=O) groups excluding carboxylic acids is 1. The largest absolute Gasteiger partial charge is 0.479 e. The summed E-state index contributed by atoms with van der Waals surface area (Å²) >= 11 is 0. The summed E-state index contributed by atoms with van der Waals surface area (Å²) < 4.78 is 0. The minimum absolute atomic E-state index is 0.0129. The average molecular weight is 372 g/mol.